The predicted molar refractivity (Wildman–Crippen MR) is 111 cm³/mol. The molecule has 3 aromatic rings. The molecule has 0 saturated carbocycles. The van der Waals surface area contributed by atoms with Gasteiger partial charge in [-0.15, -0.1) is 11.3 Å². The van der Waals surface area contributed by atoms with E-state index in [9.17, 15) is 9.90 Å². The van der Waals surface area contributed by atoms with Gasteiger partial charge in [0.1, 0.15) is 34.6 Å². The van der Waals surface area contributed by atoms with Gasteiger partial charge in [-0.2, -0.15) is 0 Å². The predicted octanol–water partition coefficient (Wildman–Crippen LogP) is 5.15. The number of hydrogen-bond donors (Lipinski definition) is 1. The van der Waals surface area contributed by atoms with Gasteiger partial charge in [0.2, 0.25) is 0 Å². The summed E-state index contributed by atoms with van der Waals surface area (Å²) in [5.74, 6) is 0.687. The van der Waals surface area contributed by atoms with Crippen LogP contribution in [0.5, 0.6) is 11.5 Å². The molecule has 0 spiro atoms. The zero-order valence-electron chi connectivity index (χ0n) is 16.2. The summed E-state index contributed by atoms with van der Waals surface area (Å²) in [5, 5.41) is 9.98. The molecule has 0 fully saturated rings. The fraction of sp³-hybridized carbons (Fsp3) is 0.273. The average molecular weight is 397 g/mol. The lowest BCUT2D eigenvalue weighted by Crippen LogP contribution is -2.09. The van der Waals surface area contributed by atoms with Crippen LogP contribution in [0.3, 0.4) is 0 Å². The Labute approximate surface area is 168 Å². The van der Waals surface area contributed by atoms with Gasteiger partial charge in [0.15, 0.2) is 0 Å². The first kappa shape index (κ1) is 19.9. The number of rotatable bonds is 8. The number of carboxylic acid groups (broad SMARTS) is 1. The van der Waals surface area contributed by atoms with Crippen LogP contribution in [-0.2, 0) is 6.42 Å². The van der Waals surface area contributed by atoms with Crippen molar-refractivity contribution in [2.45, 2.75) is 27.2 Å². The van der Waals surface area contributed by atoms with E-state index in [0.29, 0.717) is 35.2 Å². The van der Waals surface area contributed by atoms with Gasteiger partial charge in [0.05, 0.1) is 5.69 Å². The first-order valence-electron chi connectivity index (χ1n) is 9.14. The molecule has 146 valence electrons. The Bertz CT molecular complexity index is 963. The molecule has 0 saturated heterocycles. The molecule has 5 nitrogen and oxygen atoms in total. The molecule has 1 heterocycles. The van der Waals surface area contributed by atoms with E-state index in [2.05, 4.69) is 18.0 Å². The van der Waals surface area contributed by atoms with Crippen LogP contribution in [0.4, 0.5) is 0 Å². The summed E-state index contributed by atoms with van der Waals surface area (Å²) < 4.78 is 11.5. The Kier molecular flexibility index (Phi) is 6.31. The van der Waals surface area contributed by atoms with Crippen molar-refractivity contribution in [3.63, 3.8) is 0 Å². The summed E-state index contributed by atoms with van der Waals surface area (Å²) in [5.41, 5.74) is 3.85. The summed E-state index contributed by atoms with van der Waals surface area (Å²) in [4.78, 5) is 16.1. The monoisotopic (exact) mass is 397 g/mol. The minimum atomic E-state index is -0.926. The molecule has 3 rings (SSSR count). The van der Waals surface area contributed by atoms with Crippen molar-refractivity contribution in [2.24, 2.45) is 0 Å². The highest BCUT2D eigenvalue weighted by molar-refractivity contribution is 7.17. The normalized spacial score (nSPS) is 10.7. The number of carboxylic acids is 1. The van der Waals surface area contributed by atoms with Gasteiger partial charge in [0, 0.05) is 5.56 Å². The third-order valence-corrected chi connectivity index (χ3v) is 5.63. The van der Waals surface area contributed by atoms with Gasteiger partial charge in [-0.1, -0.05) is 19.1 Å². The number of benzene rings is 2. The quantitative estimate of drug-likeness (QED) is 0.533. The number of aryl methyl sites for hydroxylation is 2. The first-order chi connectivity index (χ1) is 13.5. The van der Waals surface area contributed by atoms with Crippen LogP contribution < -0.4 is 9.47 Å². The third-order valence-electron chi connectivity index (χ3n) is 4.49. The van der Waals surface area contributed by atoms with Gasteiger partial charge in [-0.05, 0) is 61.7 Å². The van der Waals surface area contributed by atoms with E-state index >= 15 is 0 Å². The van der Waals surface area contributed by atoms with Crippen molar-refractivity contribution in [2.75, 3.05) is 13.2 Å². The second-order valence-electron chi connectivity index (χ2n) is 6.37. The number of ether oxygens (including phenoxy) is 2. The Hall–Kier alpha value is -2.86. The van der Waals surface area contributed by atoms with Gasteiger partial charge in [0.25, 0.3) is 0 Å². The van der Waals surface area contributed by atoms with Gasteiger partial charge in [-0.25, -0.2) is 9.78 Å². The maximum Gasteiger partial charge on any atom is 0.347 e. The molecule has 2 aromatic carbocycles. The van der Waals surface area contributed by atoms with Crippen molar-refractivity contribution in [3.05, 3.63) is 64.2 Å². The molecule has 0 aliphatic rings. The Morgan fingerprint density at radius 1 is 1.07 bits per heavy atom. The fourth-order valence-electron chi connectivity index (χ4n) is 2.77. The fourth-order valence-corrected chi connectivity index (χ4v) is 3.77. The van der Waals surface area contributed by atoms with Gasteiger partial charge < -0.3 is 14.6 Å². The highest BCUT2D eigenvalue weighted by Crippen LogP contribution is 2.30. The van der Waals surface area contributed by atoms with Crippen LogP contribution in [0.1, 0.15) is 33.4 Å². The minimum Gasteiger partial charge on any atom is -0.490 e. The van der Waals surface area contributed by atoms with E-state index in [4.69, 9.17) is 9.47 Å². The number of thiazole rings is 1. The van der Waals surface area contributed by atoms with E-state index in [1.807, 2.05) is 50.2 Å². The zero-order valence-corrected chi connectivity index (χ0v) is 17.0. The van der Waals surface area contributed by atoms with Crippen LogP contribution in [0.25, 0.3) is 10.6 Å². The molecule has 0 atom stereocenters. The second kappa shape index (κ2) is 8.89. The summed E-state index contributed by atoms with van der Waals surface area (Å²) in [6.07, 6.45) is 0.597. The molecule has 1 N–H and O–H groups in total. The molecule has 0 bridgehead atoms. The van der Waals surface area contributed by atoms with Crippen molar-refractivity contribution < 1.29 is 19.4 Å². The lowest BCUT2D eigenvalue weighted by Gasteiger charge is -2.11. The molecular weight excluding hydrogens is 374 g/mol. The largest absolute Gasteiger partial charge is 0.490 e. The minimum absolute atomic E-state index is 0.307. The zero-order chi connectivity index (χ0) is 20.1. The van der Waals surface area contributed by atoms with E-state index in [-0.39, 0.29) is 0 Å². The maximum absolute atomic E-state index is 11.3. The van der Waals surface area contributed by atoms with Crippen LogP contribution >= 0.6 is 11.3 Å². The highest BCUT2D eigenvalue weighted by atomic mass is 32.1. The summed E-state index contributed by atoms with van der Waals surface area (Å²) in [6.45, 7) is 6.91. The molecule has 6 heteroatoms. The standard InChI is InChI=1S/C22H23NO4S/c1-4-18-20(22(24)25)28-21(23-18)16-8-10-17(11-9-16)26-12-13-27-19-7-5-6-14(2)15(19)3/h5-11H,4,12-13H2,1-3H3,(H,24,25). The Morgan fingerprint density at radius 2 is 1.79 bits per heavy atom. The number of nitrogens with zero attached hydrogens (tertiary/aromatic N) is 1. The lowest BCUT2D eigenvalue weighted by atomic mass is 10.1. The van der Waals surface area contributed by atoms with Gasteiger partial charge in [-0.3, -0.25) is 0 Å². The topological polar surface area (TPSA) is 68.7 Å². The SMILES string of the molecule is CCc1nc(-c2ccc(OCCOc3cccc(C)c3C)cc2)sc1C(=O)O. The molecule has 0 amide bonds. The van der Waals surface area contributed by atoms with E-state index in [0.717, 1.165) is 22.6 Å². The maximum atomic E-state index is 11.3. The van der Waals surface area contributed by atoms with Crippen molar-refractivity contribution in [3.8, 4) is 22.1 Å². The highest BCUT2D eigenvalue weighted by Gasteiger charge is 2.16. The van der Waals surface area contributed by atoms with Crippen molar-refractivity contribution in [1.29, 1.82) is 0 Å². The molecular formula is C22H23NO4S. The number of aromatic nitrogens is 1. The molecule has 0 aliphatic carbocycles. The van der Waals surface area contributed by atoms with E-state index < -0.39 is 5.97 Å². The van der Waals surface area contributed by atoms with Crippen molar-refractivity contribution >= 4 is 17.3 Å². The number of aromatic carboxylic acids is 1. The first-order valence-corrected chi connectivity index (χ1v) is 9.96. The number of hydrogen-bond acceptors (Lipinski definition) is 5. The van der Waals surface area contributed by atoms with Crippen LogP contribution in [0, 0.1) is 13.8 Å². The third kappa shape index (κ3) is 4.51. The summed E-state index contributed by atoms with van der Waals surface area (Å²) in [6, 6.07) is 13.5. The Morgan fingerprint density at radius 3 is 2.43 bits per heavy atom. The molecule has 0 aliphatic heterocycles. The Balaban J connectivity index is 1.57. The summed E-state index contributed by atoms with van der Waals surface area (Å²) >= 11 is 1.20. The van der Waals surface area contributed by atoms with Crippen LogP contribution in [-0.4, -0.2) is 29.3 Å². The smallest absolute Gasteiger partial charge is 0.347 e. The van der Waals surface area contributed by atoms with Crippen LogP contribution in [0.2, 0.25) is 0 Å². The molecule has 28 heavy (non-hydrogen) atoms. The van der Waals surface area contributed by atoms with Gasteiger partial charge >= 0.3 is 5.97 Å². The van der Waals surface area contributed by atoms with Crippen molar-refractivity contribution in [1.82, 2.24) is 4.98 Å². The molecule has 0 radical (unpaired) electrons. The molecule has 0 unspecified atom stereocenters. The average Bonchev–Trinajstić information content (AvgIpc) is 3.13. The molecule has 1 aromatic heterocycles. The van der Waals surface area contributed by atoms with E-state index in [1.54, 1.807) is 0 Å². The lowest BCUT2D eigenvalue weighted by molar-refractivity contribution is 0.0701. The summed E-state index contributed by atoms with van der Waals surface area (Å²) in [7, 11) is 0. The second-order valence-corrected chi connectivity index (χ2v) is 7.37. The van der Waals surface area contributed by atoms with Crippen LogP contribution in [0.15, 0.2) is 42.5 Å². The number of carbonyl (C=O) groups is 1. The van der Waals surface area contributed by atoms with E-state index in [1.165, 1.54) is 16.9 Å².